The predicted molar refractivity (Wildman–Crippen MR) is 88.3 cm³/mol. The van der Waals surface area contributed by atoms with Gasteiger partial charge in [0.25, 0.3) is 5.69 Å². The topological polar surface area (TPSA) is 67.5 Å². The van der Waals surface area contributed by atoms with Crippen LogP contribution in [0.25, 0.3) is 0 Å². The molecule has 0 radical (unpaired) electrons. The van der Waals surface area contributed by atoms with Gasteiger partial charge < -0.3 is 5.32 Å². The molecule has 2 unspecified atom stereocenters. The minimum atomic E-state index is -0.353. The van der Waals surface area contributed by atoms with Crippen LogP contribution in [-0.2, 0) is 5.75 Å². The number of aliphatic imine (C=N–C) groups is 1. The fraction of sp³-hybridized carbons (Fsp3) is 0.500. The predicted octanol–water partition coefficient (Wildman–Crippen LogP) is 3.52. The molecule has 114 valence electrons. The molecule has 1 aliphatic carbocycles. The van der Waals surface area contributed by atoms with Crippen molar-refractivity contribution in [1.29, 1.82) is 0 Å². The van der Waals surface area contributed by atoms with Gasteiger partial charge in [0, 0.05) is 17.9 Å². The number of non-ortho nitro benzene ring substituents is 1. The van der Waals surface area contributed by atoms with Crippen LogP contribution in [0, 0.1) is 10.1 Å². The second-order valence-electron chi connectivity index (χ2n) is 5.25. The molecule has 5 nitrogen and oxygen atoms in total. The molecule has 7 heteroatoms. The van der Waals surface area contributed by atoms with E-state index in [2.05, 4.69) is 5.32 Å². The molecule has 1 aromatic carbocycles. The number of nitrogens with one attached hydrogen (secondary N) is 1. The van der Waals surface area contributed by atoms with E-state index in [1.165, 1.54) is 31.7 Å². The summed E-state index contributed by atoms with van der Waals surface area (Å²) < 4.78 is 0. The molecule has 0 aromatic heterocycles. The Balaban J connectivity index is 0.00000161. The minimum Gasteiger partial charge on any atom is -0.360 e. The summed E-state index contributed by atoms with van der Waals surface area (Å²) in [6, 6.07) is 7.76. The number of nitro benzene ring substituents is 1. The minimum absolute atomic E-state index is 0. The third kappa shape index (κ3) is 3.89. The van der Waals surface area contributed by atoms with Crippen LogP contribution in [0.15, 0.2) is 29.3 Å². The zero-order chi connectivity index (χ0) is 13.9. The first kappa shape index (κ1) is 16.1. The molecule has 0 bridgehead atoms. The van der Waals surface area contributed by atoms with E-state index >= 15 is 0 Å². The zero-order valence-electron chi connectivity index (χ0n) is 11.5. The molecule has 2 atom stereocenters. The number of rotatable bonds is 3. The van der Waals surface area contributed by atoms with Gasteiger partial charge in [0.05, 0.1) is 17.0 Å². The number of benzene rings is 1. The highest BCUT2D eigenvalue weighted by molar-refractivity contribution is 8.13. The van der Waals surface area contributed by atoms with E-state index in [1.54, 1.807) is 23.9 Å². The maximum atomic E-state index is 10.7. The maximum absolute atomic E-state index is 10.7. The SMILES string of the molecule is Cl.O=[N+]([O-])c1cccc(CSC2=NC3CCCCC3N2)c1. The molecule has 0 saturated heterocycles. The lowest BCUT2D eigenvalue weighted by atomic mass is 9.92. The van der Waals surface area contributed by atoms with Crippen molar-refractivity contribution in [3.8, 4) is 0 Å². The lowest BCUT2D eigenvalue weighted by Gasteiger charge is -2.23. The van der Waals surface area contributed by atoms with Crippen molar-refractivity contribution >= 4 is 35.0 Å². The summed E-state index contributed by atoms with van der Waals surface area (Å²) in [7, 11) is 0. The fourth-order valence-corrected chi connectivity index (χ4v) is 3.70. The molecule has 1 aliphatic heterocycles. The number of nitro groups is 1. The van der Waals surface area contributed by atoms with Gasteiger partial charge in [-0.1, -0.05) is 36.7 Å². The first-order valence-corrected chi connectivity index (χ1v) is 7.91. The van der Waals surface area contributed by atoms with Gasteiger partial charge in [-0.15, -0.1) is 12.4 Å². The van der Waals surface area contributed by atoms with Gasteiger partial charge in [-0.05, 0) is 18.4 Å². The summed E-state index contributed by atoms with van der Waals surface area (Å²) in [6.45, 7) is 0. The van der Waals surface area contributed by atoms with Crippen LogP contribution >= 0.6 is 24.2 Å². The van der Waals surface area contributed by atoms with Crippen LogP contribution in [0.5, 0.6) is 0 Å². The molecule has 0 amide bonds. The van der Waals surface area contributed by atoms with E-state index in [0.717, 1.165) is 10.7 Å². The molecular formula is C14H18ClN3O2S. The Hall–Kier alpha value is -1.27. The van der Waals surface area contributed by atoms with Crippen LogP contribution in [0.1, 0.15) is 31.2 Å². The largest absolute Gasteiger partial charge is 0.360 e. The third-order valence-corrected chi connectivity index (χ3v) is 4.79. The van der Waals surface area contributed by atoms with Gasteiger partial charge in [-0.3, -0.25) is 15.1 Å². The second-order valence-corrected chi connectivity index (χ2v) is 6.22. The second kappa shape index (κ2) is 7.13. The molecule has 1 N–H and O–H groups in total. The Kier molecular flexibility index (Phi) is 5.47. The highest BCUT2D eigenvalue weighted by atomic mass is 35.5. The smallest absolute Gasteiger partial charge is 0.269 e. The zero-order valence-corrected chi connectivity index (χ0v) is 13.2. The van der Waals surface area contributed by atoms with Crippen LogP contribution in [0.4, 0.5) is 5.69 Å². The number of amidine groups is 1. The normalized spacial score (nSPS) is 23.5. The van der Waals surface area contributed by atoms with Crippen molar-refractivity contribution in [2.75, 3.05) is 0 Å². The highest BCUT2D eigenvalue weighted by Crippen LogP contribution is 2.28. The number of thioether (sulfide) groups is 1. The van der Waals surface area contributed by atoms with Gasteiger partial charge >= 0.3 is 0 Å². The average molecular weight is 328 g/mol. The van der Waals surface area contributed by atoms with Gasteiger partial charge in [-0.25, -0.2) is 0 Å². The molecule has 0 spiro atoms. The lowest BCUT2D eigenvalue weighted by Crippen LogP contribution is -2.36. The Labute approximate surface area is 134 Å². The third-order valence-electron chi connectivity index (χ3n) is 3.82. The van der Waals surface area contributed by atoms with E-state index in [9.17, 15) is 10.1 Å². The van der Waals surface area contributed by atoms with Crippen molar-refractivity contribution in [2.45, 2.75) is 43.5 Å². The first-order valence-electron chi connectivity index (χ1n) is 6.93. The molecule has 1 saturated carbocycles. The fourth-order valence-electron chi connectivity index (χ4n) is 2.77. The Bertz CT molecular complexity index is 553. The number of fused-ring (bicyclic) bond motifs is 1. The lowest BCUT2D eigenvalue weighted by molar-refractivity contribution is -0.384. The molecule has 3 rings (SSSR count). The van der Waals surface area contributed by atoms with Gasteiger partial charge in [0.2, 0.25) is 0 Å². The monoisotopic (exact) mass is 327 g/mol. The van der Waals surface area contributed by atoms with Crippen molar-refractivity contribution in [2.24, 2.45) is 4.99 Å². The van der Waals surface area contributed by atoms with E-state index in [0.29, 0.717) is 17.8 Å². The molecule has 1 fully saturated rings. The van der Waals surface area contributed by atoms with Crippen LogP contribution in [0.3, 0.4) is 0 Å². The van der Waals surface area contributed by atoms with E-state index in [1.807, 2.05) is 6.07 Å². The Morgan fingerprint density at radius 2 is 2.19 bits per heavy atom. The van der Waals surface area contributed by atoms with Crippen LogP contribution < -0.4 is 5.32 Å². The van der Waals surface area contributed by atoms with Gasteiger partial charge in [0.15, 0.2) is 5.17 Å². The van der Waals surface area contributed by atoms with E-state index in [-0.39, 0.29) is 23.0 Å². The van der Waals surface area contributed by atoms with Crippen molar-refractivity contribution < 1.29 is 4.92 Å². The van der Waals surface area contributed by atoms with Crippen molar-refractivity contribution in [3.63, 3.8) is 0 Å². The quantitative estimate of drug-likeness (QED) is 0.681. The van der Waals surface area contributed by atoms with Crippen LogP contribution in [-0.4, -0.2) is 22.2 Å². The molecule has 21 heavy (non-hydrogen) atoms. The Morgan fingerprint density at radius 1 is 1.38 bits per heavy atom. The molecule has 1 heterocycles. The van der Waals surface area contributed by atoms with Crippen LogP contribution in [0.2, 0.25) is 0 Å². The van der Waals surface area contributed by atoms with E-state index < -0.39 is 0 Å². The molecule has 2 aliphatic rings. The summed E-state index contributed by atoms with van der Waals surface area (Å²) >= 11 is 1.64. The van der Waals surface area contributed by atoms with Crippen molar-refractivity contribution in [1.82, 2.24) is 5.32 Å². The summed E-state index contributed by atoms with van der Waals surface area (Å²) in [5.74, 6) is 0.715. The average Bonchev–Trinajstić information content (AvgIpc) is 2.88. The highest BCUT2D eigenvalue weighted by Gasteiger charge is 2.30. The number of nitrogens with zero attached hydrogens (tertiary/aromatic N) is 2. The summed E-state index contributed by atoms with van der Waals surface area (Å²) in [5.41, 5.74) is 1.11. The number of hydrogen-bond acceptors (Lipinski definition) is 5. The first-order chi connectivity index (χ1) is 9.72. The van der Waals surface area contributed by atoms with E-state index in [4.69, 9.17) is 4.99 Å². The standard InChI is InChI=1S/C14H17N3O2S.ClH/c18-17(19)11-5-3-4-10(8-11)9-20-14-15-12-6-1-2-7-13(12)16-14;/h3-5,8,12-13H,1-2,6-7,9H2,(H,15,16);1H. The number of halogens is 1. The van der Waals surface area contributed by atoms with Crippen molar-refractivity contribution in [3.05, 3.63) is 39.9 Å². The summed E-state index contributed by atoms with van der Waals surface area (Å²) in [6.07, 6.45) is 4.94. The molecular weight excluding hydrogens is 310 g/mol. The van der Waals surface area contributed by atoms with Gasteiger partial charge in [0.1, 0.15) is 0 Å². The van der Waals surface area contributed by atoms with Gasteiger partial charge in [-0.2, -0.15) is 0 Å². The maximum Gasteiger partial charge on any atom is 0.269 e. The Morgan fingerprint density at radius 3 is 2.95 bits per heavy atom. The molecule has 1 aromatic rings. The summed E-state index contributed by atoms with van der Waals surface area (Å²) in [5, 5.41) is 15.2. The summed E-state index contributed by atoms with van der Waals surface area (Å²) in [4.78, 5) is 15.1. The number of hydrogen-bond donors (Lipinski definition) is 1.